The van der Waals surface area contributed by atoms with Crippen LogP contribution in [0.2, 0.25) is 0 Å². The number of anilines is 2. The van der Waals surface area contributed by atoms with Crippen molar-refractivity contribution >= 4 is 33.3 Å². The molecular formula is C10H13N3O3S. The number of carbonyl (C=O) groups is 2. The third-order valence-corrected chi connectivity index (χ3v) is 3.29. The molecule has 2 rings (SSSR count). The van der Waals surface area contributed by atoms with E-state index in [1.54, 1.807) is 0 Å². The number of rotatable bonds is 4. The predicted octanol–water partition coefficient (Wildman–Crippen LogP) is 0.789. The topological polar surface area (TPSA) is 94.3 Å². The van der Waals surface area contributed by atoms with Crippen LogP contribution in [0.5, 0.6) is 0 Å². The molecule has 1 fully saturated rings. The molecule has 1 heterocycles. The maximum atomic E-state index is 11.5. The molecule has 0 saturated heterocycles. The average Bonchev–Trinajstić information content (AvgIpc) is 3.07. The van der Waals surface area contributed by atoms with E-state index in [2.05, 4.69) is 15.0 Å². The quantitative estimate of drug-likeness (QED) is 0.776. The van der Waals surface area contributed by atoms with Crippen LogP contribution < -0.4 is 11.1 Å². The van der Waals surface area contributed by atoms with Gasteiger partial charge in [0, 0.05) is 5.92 Å². The minimum Gasteiger partial charge on any atom is -0.469 e. The molecule has 0 unspecified atom stereocenters. The highest BCUT2D eigenvalue weighted by molar-refractivity contribution is 7.19. The molecule has 1 aromatic heterocycles. The molecule has 1 aliphatic carbocycles. The summed E-state index contributed by atoms with van der Waals surface area (Å²) in [5, 5.41) is 3.57. The van der Waals surface area contributed by atoms with Crippen molar-refractivity contribution in [1.82, 2.24) is 4.98 Å². The van der Waals surface area contributed by atoms with Gasteiger partial charge in [-0.3, -0.25) is 9.59 Å². The zero-order chi connectivity index (χ0) is 12.4. The molecule has 7 heteroatoms. The normalized spacial score (nSPS) is 14.4. The molecule has 1 aliphatic rings. The molecule has 1 saturated carbocycles. The number of nitrogens with one attached hydrogen (secondary N) is 1. The Morgan fingerprint density at radius 1 is 1.59 bits per heavy atom. The summed E-state index contributed by atoms with van der Waals surface area (Å²) < 4.78 is 4.53. The number of nitrogen functional groups attached to an aromatic ring is 1. The lowest BCUT2D eigenvalue weighted by atomic mass is 10.3. The number of carbonyl (C=O) groups excluding carboxylic acids is 2. The van der Waals surface area contributed by atoms with E-state index in [1.807, 2.05) is 0 Å². The van der Waals surface area contributed by atoms with Crippen molar-refractivity contribution in [3.63, 3.8) is 0 Å². The first kappa shape index (κ1) is 11.8. The summed E-state index contributed by atoms with van der Waals surface area (Å²) in [6, 6.07) is 0. The van der Waals surface area contributed by atoms with Crippen LogP contribution in [0.3, 0.4) is 0 Å². The van der Waals surface area contributed by atoms with E-state index in [1.165, 1.54) is 18.4 Å². The lowest BCUT2D eigenvalue weighted by molar-refractivity contribution is -0.139. The first-order valence-corrected chi connectivity index (χ1v) is 6.04. The maximum Gasteiger partial charge on any atom is 0.311 e. The van der Waals surface area contributed by atoms with Crippen molar-refractivity contribution in [1.29, 1.82) is 0 Å². The van der Waals surface area contributed by atoms with Crippen LogP contribution >= 0.6 is 11.3 Å². The van der Waals surface area contributed by atoms with Gasteiger partial charge in [0.05, 0.1) is 19.2 Å². The fraction of sp³-hybridized carbons (Fsp3) is 0.500. The number of esters is 1. The SMILES string of the molecule is COC(=O)Cc1nc(NC(=O)C2CC2)sc1N. The summed E-state index contributed by atoms with van der Waals surface area (Å²) in [6.45, 7) is 0. The minimum atomic E-state index is -0.401. The number of nitrogens with two attached hydrogens (primary N) is 1. The Hall–Kier alpha value is -1.63. The van der Waals surface area contributed by atoms with Crippen LogP contribution in [0.4, 0.5) is 10.1 Å². The molecular weight excluding hydrogens is 242 g/mol. The van der Waals surface area contributed by atoms with E-state index in [4.69, 9.17) is 5.73 Å². The summed E-state index contributed by atoms with van der Waals surface area (Å²) in [5.41, 5.74) is 6.16. The molecule has 17 heavy (non-hydrogen) atoms. The van der Waals surface area contributed by atoms with Gasteiger partial charge in [0.15, 0.2) is 5.13 Å². The Bertz CT molecular complexity index is 454. The van der Waals surface area contributed by atoms with Gasteiger partial charge in [-0.05, 0) is 12.8 Å². The van der Waals surface area contributed by atoms with Crippen LogP contribution in [0.1, 0.15) is 18.5 Å². The minimum absolute atomic E-state index is 0.0247. The number of methoxy groups -OCH3 is 1. The van der Waals surface area contributed by atoms with Gasteiger partial charge in [-0.15, -0.1) is 0 Å². The Kier molecular flexibility index (Phi) is 3.28. The van der Waals surface area contributed by atoms with Crippen molar-refractivity contribution in [2.75, 3.05) is 18.2 Å². The third-order valence-electron chi connectivity index (χ3n) is 2.45. The second kappa shape index (κ2) is 4.70. The van der Waals surface area contributed by atoms with Crippen LogP contribution in [0, 0.1) is 5.92 Å². The van der Waals surface area contributed by atoms with Gasteiger partial charge in [-0.25, -0.2) is 4.98 Å². The molecule has 1 amide bonds. The number of aromatic nitrogens is 1. The fourth-order valence-corrected chi connectivity index (χ4v) is 2.06. The number of thiazole rings is 1. The van der Waals surface area contributed by atoms with Gasteiger partial charge in [-0.2, -0.15) is 0 Å². The zero-order valence-electron chi connectivity index (χ0n) is 9.36. The van der Waals surface area contributed by atoms with Crippen LogP contribution in [0.25, 0.3) is 0 Å². The highest BCUT2D eigenvalue weighted by Gasteiger charge is 2.30. The Labute approximate surface area is 102 Å². The number of hydrogen-bond donors (Lipinski definition) is 2. The van der Waals surface area contributed by atoms with Gasteiger partial charge in [0.1, 0.15) is 5.00 Å². The molecule has 6 nitrogen and oxygen atoms in total. The molecule has 0 bridgehead atoms. The predicted molar refractivity (Wildman–Crippen MR) is 63.6 cm³/mol. The highest BCUT2D eigenvalue weighted by Crippen LogP contribution is 2.32. The first-order chi connectivity index (χ1) is 8.10. The van der Waals surface area contributed by atoms with Crippen molar-refractivity contribution in [2.24, 2.45) is 5.92 Å². The van der Waals surface area contributed by atoms with E-state index in [0.717, 1.165) is 12.8 Å². The molecule has 0 atom stereocenters. The number of hydrogen-bond acceptors (Lipinski definition) is 6. The van der Waals surface area contributed by atoms with Gasteiger partial charge in [-0.1, -0.05) is 11.3 Å². The van der Waals surface area contributed by atoms with Crippen molar-refractivity contribution in [3.8, 4) is 0 Å². The molecule has 0 aromatic carbocycles. The summed E-state index contributed by atoms with van der Waals surface area (Å²) >= 11 is 1.17. The van der Waals surface area contributed by atoms with E-state index in [0.29, 0.717) is 15.8 Å². The van der Waals surface area contributed by atoms with Crippen molar-refractivity contribution in [2.45, 2.75) is 19.3 Å². The van der Waals surface area contributed by atoms with E-state index < -0.39 is 5.97 Å². The zero-order valence-corrected chi connectivity index (χ0v) is 10.2. The molecule has 1 aromatic rings. The third kappa shape index (κ3) is 2.94. The molecule has 0 spiro atoms. The molecule has 0 aliphatic heterocycles. The lowest BCUT2D eigenvalue weighted by Crippen LogP contribution is -2.13. The summed E-state index contributed by atoms with van der Waals surface area (Å²) in [4.78, 5) is 26.7. The number of amides is 1. The second-order valence-corrected chi connectivity index (χ2v) is 4.88. The van der Waals surface area contributed by atoms with Gasteiger partial charge >= 0.3 is 5.97 Å². The molecule has 3 N–H and O–H groups in total. The monoisotopic (exact) mass is 255 g/mol. The summed E-state index contributed by atoms with van der Waals surface area (Å²) in [6.07, 6.45) is 1.89. The number of nitrogens with zero attached hydrogens (tertiary/aromatic N) is 1. The summed E-state index contributed by atoms with van der Waals surface area (Å²) in [5.74, 6) is -0.311. The van der Waals surface area contributed by atoms with Crippen LogP contribution in [-0.4, -0.2) is 24.0 Å². The highest BCUT2D eigenvalue weighted by atomic mass is 32.1. The molecule has 0 radical (unpaired) electrons. The second-order valence-electron chi connectivity index (χ2n) is 3.85. The smallest absolute Gasteiger partial charge is 0.311 e. The average molecular weight is 255 g/mol. The van der Waals surface area contributed by atoms with E-state index in [-0.39, 0.29) is 18.2 Å². The number of ether oxygens (including phenoxy) is 1. The fourth-order valence-electron chi connectivity index (χ4n) is 1.31. The Balaban J connectivity index is 2.01. The standard InChI is InChI=1S/C10H13N3O3S/c1-16-7(14)4-6-8(11)17-10(12-6)13-9(15)5-2-3-5/h5H,2-4,11H2,1H3,(H,12,13,15). The molecule has 92 valence electrons. The van der Waals surface area contributed by atoms with E-state index >= 15 is 0 Å². The van der Waals surface area contributed by atoms with Crippen LogP contribution in [0.15, 0.2) is 0 Å². The lowest BCUT2D eigenvalue weighted by Gasteiger charge is -1.97. The van der Waals surface area contributed by atoms with Crippen molar-refractivity contribution < 1.29 is 14.3 Å². The van der Waals surface area contributed by atoms with Crippen LogP contribution in [-0.2, 0) is 20.7 Å². The van der Waals surface area contributed by atoms with Gasteiger partial charge in [0.25, 0.3) is 0 Å². The van der Waals surface area contributed by atoms with Gasteiger partial charge in [0.2, 0.25) is 5.91 Å². The van der Waals surface area contributed by atoms with E-state index in [9.17, 15) is 9.59 Å². The summed E-state index contributed by atoms with van der Waals surface area (Å²) in [7, 11) is 1.31. The largest absolute Gasteiger partial charge is 0.469 e. The maximum absolute atomic E-state index is 11.5. The van der Waals surface area contributed by atoms with Crippen molar-refractivity contribution in [3.05, 3.63) is 5.69 Å². The Morgan fingerprint density at radius 3 is 2.88 bits per heavy atom. The van der Waals surface area contributed by atoms with Gasteiger partial charge < -0.3 is 15.8 Å². The Morgan fingerprint density at radius 2 is 2.29 bits per heavy atom. The first-order valence-electron chi connectivity index (χ1n) is 5.23.